The Bertz CT molecular complexity index is 909. The molecule has 1 atom stereocenters. The molecule has 0 saturated heterocycles. The van der Waals surface area contributed by atoms with Gasteiger partial charge in [-0.05, 0) is 44.2 Å². The molecule has 0 radical (unpaired) electrons. The zero-order valence-corrected chi connectivity index (χ0v) is 14.2. The monoisotopic (exact) mass is 360 g/mol. The van der Waals surface area contributed by atoms with Crippen molar-refractivity contribution in [3.05, 3.63) is 70.3 Å². The van der Waals surface area contributed by atoms with Gasteiger partial charge < -0.3 is 9.15 Å². The minimum absolute atomic E-state index is 0.117. The van der Waals surface area contributed by atoms with E-state index in [1.807, 2.05) is 31.2 Å². The minimum Gasteiger partial charge on any atom is -0.449 e. The fourth-order valence-corrected chi connectivity index (χ4v) is 2.31. The Labute approximate surface area is 148 Å². The van der Waals surface area contributed by atoms with Crippen molar-refractivity contribution in [2.24, 2.45) is 0 Å². The summed E-state index contributed by atoms with van der Waals surface area (Å²) >= 11 is 5.78. The summed E-state index contributed by atoms with van der Waals surface area (Å²) in [7, 11) is 0. The van der Waals surface area contributed by atoms with Gasteiger partial charge in [0.1, 0.15) is 5.82 Å². The summed E-state index contributed by atoms with van der Waals surface area (Å²) in [6.45, 7) is 3.53. The van der Waals surface area contributed by atoms with E-state index >= 15 is 0 Å². The molecule has 7 heteroatoms. The molecule has 1 heterocycles. The van der Waals surface area contributed by atoms with Crippen LogP contribution in [0.4, 0.5) is 4.39 Å². The SMILES string of the molecule is Cc1ccc(-c2nnc([C@@H](C)OC(=O)c3cc(Cl)ccc3F)o2)cc1. The summed E-state index contributed by atoms with van der Waals surface area (Å²) < 4.78 is 24.5. The quantitative estimate of drug-likeness (QED) is 0.628. The topological polar surface area (TPSA) is 65.2 Å². The number of carbonyl (C=O) groups excluding carboxylic acids is 1. The summed E-state index contributed by atoms with van der Waals surface area (Å²) in [4.78, 5) is 12.1. The third kappa shape index (κ3) is 3.85. The molecular weight excluding hydrogens is 347 g/mol. The van der Waals surface area contributed by atoms with Gasteiger partial charge in [-0.15, -0.1) is 10.2 Å². The number of ether oxygens (including phenoxy) is 1. The fourth-order valence-electron chi connectivity index (χ4n) is 2.14. The summed E-state index contributed by atoms with van der Waals surface area (Å²) in [6.07, 6.45) is -0.836. The normalized spacial score (nSPS) is 12.0. The van der Waals surface area contributed by atoms with Crippen LogP contribution < -0.4 is 0 Å². The summed E-state index contributed by atoms with van der Waals surface area (Å²) in [5.74, 6) is -1.15. The lowest BCUT2D eigenvalue weighted by Gasteiger charge is -2.10. The largest absolute Gasteiger partial charge is 0.449 e. The molecule has 128 valence electrons. The van der Waals surface area contributed by atoms with Gasteiger partial charge in [0.15, 0.2) is 6.10 Å². The highest BCUT2D eigenvalue weighted by molar-refractivity contribution is 6.30. The standard InChI is InChI=1S/C18H14ClFN2O3/c1-10-3-5-12(6-4-10)17-22-21-16(25-17)11(2)24-18(23)14-9-13(19)7-8-15(14)20/h3-9,11H,1-2H3/t11-/m1/s1. The first kappa shape index (κ1) is 17.1. The van der Waals surface area contributed by atoms with Gasteiger partial charge in [0.05, 0.1) is 5.56 Å². The van der Waals surface area contributed by atoms with Crippen LogP contribution in [-0.4, -0.2) is 16.2 Å². The van der Waals surface area contributed by atoms with E-state index in [-0.39, 0.29) is 16.5 Å². The van der Waals surface area contributed by atoms with Gasteiger partial charge in [-0.2, -0.15) is 0 Å². The first-order valence-corrected chi connectivity index (χ1v) is 7.88. The van der Waals surface area contributed by atoms with Gasteiger partial charge in [0.2, 0.25) is 5.89 Å². The van der Waals surface area contributed by atoms with Gasteiger partial charge in [-0.3, -0.25) is 0 Å². The maximum absolute atomic E-state index is 13.7. The van der Waals surface area contributed by atoms with Crippen LogP contribution in [0.5, 0.6) is 0 Å². The molecule has 1 aromatic heterocycles. The van der Waals surface area contributed by atoms with Crippen LogP contribution in [0.1, 0.15) is 34.8 Å². The molecule has 0 aliphatic heterocycles. The molecule has 0 aliphatic carbocycles. The van der Waals surface area contributed by atoms with Crippen molar-refractivity contribution in [1.29, 1.82) is 0 Å². The molecule has 3 aromatic rings. The Morgan fingerprint density at radius 1 is 1.20 bits per heavy atom. The smallest absolute Gasteiger partial charge is 0.341 e. The molecule has 25 heavy (non-hydrogen) atoms. The van der Waals surface area contributed by atoms with Crippen molar-refractivity contribution >= 4 is 17.6 Å². The highest BCUT2D eigenvalue weighted by Crippen LogP contribution is 2.24. The van der Waals surface area contributed by atoms with Crippen LogP contribution in [0.3, 0.4) is 0 Å². The van der Waals surface area contributed by atoms with Crippen LogP contribution in [0, 0.1) is 12.7 Å². The number of aryl methyl sites for hydroxylation is 1. The van der Waals surface area contributed by atoms with Crippen LogP contribution >= 0.6 is 11.6 Å². The first-order chi connectivity index (χ1) is 11.9. The predicted octanol–water partition coefficient (Wildman–Crippen LogP) is 4.76. The molecule has 0 bridgehead atoms. The molecule has 0 saturated carbocycles. The van der Waals surface area contributed by atoms with Crippen molar-refractivity contribution in [2.45, 2.75) is 20.0 Å². The van der Waals surface area contributed by atoms with Gasteiger partial charge >= 0.3 is 5.97 Å². The molecule has 5 nitrogen and oxygen atoms in total. The number of nitrogens with zero attached hydrogens (tertiary/aromatic N) is 2. The van der Waals surface area contributed by atoms with Gasteiger partial charge in [0, 0.05) is 10.6 Å². The van der Waals surface area contributed by atoms with Crippen LogP contribution in [-0.2, 0) is 4.74 Å². The highest BCUT2D eigenvalue weighted by Gasteiger charge is 2.22. The molecule has 0 fully saturated rings. The van der Waals surface area contributed by atoms with Crippen LogP contribution in [0.25, 0.3) is 11.5 Å². The Morgan fingerprint density at radius 3 is 2.64 bits per heavy atom. The number of hydrogen-bond donors (Lipinski definition) is 0. The molecule has 0 unspecified atom stereocenters. The van der Waals surface area contributed by atoms with Crippen molar-refractivity contribution in [1.82, 2.24) is 10.2 Å². The number of benzene rings is 2. The van der Waals surface area contributed by atoms with E-state index < -0.39 is 17.9 Å². The van der Waals surface area contributed by atoms with Crippen molar-refractivity contribution in [2.75, 3.05) is 0 Å². The minimum atomic E-state index is -0.859. The Morgan fingerprint density at radius 2 is 1.92 bits per heavy atom. The van der Waals surface area contributed by atoms with E-state index in [0.717, 1.165) is 17.2 Å². The van der Waals surface area contributed by atoms with Crippen molar-refractivity contribution < 1.29 is 18.3 Å². The van der Waals surface area contributed by atoms with Gasteiger partial charge in [0.25, 0.3) is 5.89 Å². The average Bonchev–Trinajstić information content (AvgIpc) is 3.07. The highest BCUT2D eigenvalue weighted by atomic mass is 35.5. The zero-order valence-electron chi connectivity index (χ0n) is 13.5. The average molecular weight is 361 g/mol. The molecule has 0 aliphatic rings. The van der Waals surface area contributed by atoms with E-state index in [0.29, 0.717) is 5.89 Å². The number of aromatic nitrogens is 2. The maximum atomic E-state index is 13.7. The van der Waals surface area contributed by atoms with Crippen molar-refractivity contribution in [3.8, 4) is 11.5 Å². The Hall–Kier alpha value is -2.73. The summed E-state index contributed by atoms with van der Waals surface area (Å²) in [6, 6.07) is 11.2. The van der Waals surface area contributed by atoms with Gasteiger partial charge in [-0.25, -0.2) is 9.18 Å². The molecule has 0 amide bonds. The number of esters is 1. The Balaban J connectivity index is 1.75. The number of halogens is 2. The first-order valence-electron chi connectivity index (χ1n) is 7.50. The predicted molar refractivity (Wildman–Crippen MR) is 89.7 cm³/mol. The van der Waals surface area contributed by atoms with E-state index in [1.54, 1.807) is 6.92 Å². The zero-order chi connectivity index (χ0) is 18.0. The number of hydrogen-bond acceptors (Lipinski definition) is 5. The fraction of sp³-hybridized carbons (Fsp3) is 0.167. The van der Waals surface area contributed by atoms with E-state index in [4.69, 9.17) is 20.8 Å². The van der Waals surface area contributed by atoms with Gasteiger partial charge in [-0.1, -0.05) is 29.3 Å². The Kier molecular flexibility index (Phi) is 4.81. The third-order valence-electron chi connectivity index (χ3n) is 3.52. The number of rotatable bonds is 4. The second-order valence-corrected chi connectivity index (χ2v) is 5.92. The molecule has 3 rings (SSSR count). The van der Waals surface area contributed by atoms with Crippen molar-refractivity contribution in [3.63, 3.8) is 0 Å². The maximum Gasteiger partial charge on any atom is 0.341 e. The lowest BCUT2D eigenvalue weighted by atomic mass is 10.1. The summed E-state index contributed by atoms with van der Waals surface area (Å²) in [5, 5.41) is 8.07. The lowest BCUT2D eigenvalue weighted by molar-refractivity contribution is 0.0274. The molecule has 0 N–H and O–H groups in total. The second kappa shape index (κ2) is 7.03. The van der Waals surface area contributed by atoms with E-state index in [1.165, 1.54) is 12.1 Å². The van der Waals surface area contributed by atoms with Crippen LogP contribution in [0.15, 0.2) is 46.9 Å². The van der Waals surface area contributed by atoms with Crippen LogP contribution in [0.2, 0.25) is 5.02 Å². The van der Waals surface area contributed by atoms with E-state index in [9.17, 15) is 9.18 Å². The molecule has 0 spiro atoms. The second-order valence-electron chi connectivity index (χ2n) is 5.48. The number of carbonyl (C=O) groups is 1. The summed E-state index contributed by atoms with van der Waals surface area (Å²) in [5.41, 5.74) is 1.61. The third-order valence-corrected chi connectivity index (χ3v) is 3.75. The lowest BCUT2D eigenvalue weighted by Crippen LogP contribution is -2.11. The molecular formula is C18H14ClFN2O3. The molecule has 2 aromatic carbocycles. The van der Waals surface area contributed by atoms with E-state index in [2.05, 4.69) is 10.2 Å².